The average Bonchev–Trinajstić information content (AvgIpc) is 2.52. The smallest absolute Gasteiger partial charge is 0.319 e. The summed E-state index contributed by atoms with van der Waals surface area (Å²) >= 11 is 11.7. The average molecular weight is 357 g/mol. The summed E-state index contributed by atoms with van der Waals surface area (Å²) in [5.41, 5.74) is 1.15. The van der Waals surface area contributed by atoms with E-state index in [1.165, 1.54) is 19.2 Å². The van der Waals surface area contributed by atoms with Gasteiger partial charge in [-0.1, -0.05) is 35.3 Å². The van der Waals surface area contributed by atoms with Crippen LogP contribution in [0.5, 0.6) is 0 Å². The minimum atomic E-state index is -0.453. The zero-order chi connectivity index (χ0) is 16.8. The molecule has 2 aromatic carbocycles. The van der Waals surface area contributed by atoms with Crippen LogP contribution in [0, 0.1) is 5.82 Å². The van der Waals surface area contributed by atoms with Gasteiger partial charge in [0.2, 0.25) is 0 Å². The fraction of sp³-hybridized carbons (Fsp3) is 0.188. The Morgan fingerprint density at radius 2 is 2.00 bits per heavy atom. The van der Waals surface area contributed by atoms with Crippen molar-refractivity contribution in [2.45, 2.75) is 6.10 Å². The number of carbonyl (C=O) groups is 1. The van der Waals surface area contributed by atoms with Crippen molar-refractivity contribution in [2.24, 2.45) is 0 Å². The van der Waals surface area contributed by atoms with E-state index in [0.29, 0.717) is 21.3 Å². The van der Waals surface area contributed by atoms with Crippen molar-refractivity contribution in [3.63, 3.8) is 0 Å². The fourth-order valence-corrected chi connectivity index (χ4v) is 2.28. The molecule has 23 heavy (non-hydrogen) atoms. The molecule has 0 aliphatic rings. The molecule has 0 aliphatic carbocycles. The molecule has 0 spiro atoms. The predicted molar refractivity (Wildman–Crippen MR) is 89.6 cm³/mol. The van der Waals surface area contributed by atoms with E-state index in [0.717, 1.165) is 0 Å². The van der Waals surface area contributed by atoms with Gasteiger partial charge in [-0.2, -0.15) is 0 Å². The first-order valence-electron chi connectivity index (χ1n) is 6.77. The molecule has 0 bridgehead atoms. The maximum Gasteiger partial charge on any atom is 0.319 e. The zero-order valence-electron chi connectivity index (χ0n) is 12.3. The number of hydrogen-bond donors (Lipinski definition) is 2. The molecular weight excluding hydrogens is 342 g/mol. The Balaban J connectivity index is 1.93. The van der Waals surface area contributed by atoms with Crippen LogP contribution in [-0.2, 0) is 4.74 Å². The molecule has 2 rings (SSSR count). The van der Waals surface area contributed by atoms with E-state index in [1.807, 2.05) is 0 Å². The van der Waals surface area contributed by atoms with E-state index in [2.05, 4.69) is 10.6 Å². The van der Waals surface area contributed by atoms with Crippen LogP contribution in [-0.4, -0.2) is 19.7 Å². The Hall–Kier alpha value is -1.82. The molecule has 4 nitrogen and oxygen atoms in total. The first-order chi connectivity index (χ1) is 11.0. The van der Waals surface area contributed by atoms with Crippen LogP contribution in [0.3, 0.4) is 0 Å². The van der Waals surface area contributed by atoms with Gasteiger partial charge in [-0.25, -0.2) is 9.18 Å². The van der Waals surface area contributed by atoms with E-state index < -0.39 is 12.1 Å². The van der Waals surface area contributed by atoms with Crippen LogP contribution in [0.25, 0.3) is 0 Å². The second kappa shape index (κ2) is 8.15. The Morgan fingerprint density at radius 1 is 1.22 bits per heavy atom. The van der Waals surface area contributed by atoms with Gasteiger partial charge in [0.1, 0.15) is 5.82 Å². The lowest BCUT2D eigenvalue weighted by atomic mass is 10.1. The molecular formula is C16H15Cl2FN2O2. The quantitative estimate of drug-likeness (QED) is 0.819. The third-order valence-corrected chi connectivity index (χ3v) is 3.87. The standard InChI is InChI=1S/C16H15Cl2FN2O2/c1-23-15(10-3-2-4-11(19)7-10)9-20-16(22)21-12-5-6-13(17)14(18)8-12/h2-8,15H,9H2,1H3,(H2,20,21,22). The summed E-state index contributed by atoms with van der Waals surface area (Å²) in [6, 6.07) is 10.4. The lowest BCUT2D eigenvalue weighted by Gasteiger charge is -2.17. The lowest BCUT2D eigenvalue weighted by Crippen LogP contribution is -2.32. The Labute approximate surface area is 143 Å². The van der Waals surface area contributed by atoms with Crippen LogP contribution < -0.4 is 10.6 Å². The largest absolute Gasteiger partial charge is 0.375 e. The molecule has 1 unspecified atom stereocenters. The molecule has 0 fully saturated rings. The Morgan fingerprint density at radius 3 is 2.65 bits per heavy atom. The molecule has 0 aromatic heterocycles. The number of carbonyl (C=O) groups excluding carboxylic acids is 1. The van der Waals surface area contributed by atoms with Crippen molar-refractivity contribution in [1.82, 2.24) is 5.32 Å². The molecule has 2 aromatic rings. The molecule has 2 amide bonds. The van der Waals surface area contributed by atoms with Gasteiger partial charge in [-0.15, -0.1) is 0 Å². The zero-order valence-corrected chi connectivity index (χ0v) is 13.8. The first-order valence-corrected chi connectivity index (χ1v) is 7.53. The summed E-state index contributed by atoms with van der Waals surface area (Å²) in [7, 11) is 1.49. The summed E-state index contributed by atoms with van der Waals surface area (Å²) in [6.45, 7) is 0.188. The molecule has 1 atom stereocenters. The van der Waals surface area contributed by atoms with E-state index in [9.17, 15) is 9.18 Å². The summed E-state index contributed by atoms with van der Waals surface area (Å²) < 4.78 is 18.5. The van der Waals surface area contributed by atoms with Crippen LogP contribution in [0.4, 0.5) is 14.9 Å². The predicted octanol–water partition coefficient (Wildman–Crippen LogP) is 4.64. The highest BCUT2D eigenvalue weighted by Gasteiger charge is 2.13. The van der Waals surface area contributed by atoms with Crippen molar-refractivity contribution in [2.75, 3.05) is 19.0 Å². The highest BCUT2D eigenvalue weighted by Crippen LogP contribution is 2.25. The van der Waals surface area contributed by atoms with Gasteiger partial charge in [0.25, 0.3) is 0 Å². The summed E-state index contributed by atoms with van der Waals surface area (Å²) in [5.74, 6) is -0.357. The minimum absolute atomic E-state index is 0.188. The highest BCUT2D eigenvalue weighted by molar-refractivity contribution is 6.42. The van der Waals surface area contributed by atoms with Crippen molar-refractivity contribution >= 4 is 34.9 Å². The number of anilines is 1. The molecule has 0 radical (unpaired) electrons. The summed E-state index contributed by atoms with van der Waals surface area (Å²) in [5, 5.41) is 6.04. The molecule has 0 saturated carbocycles. The van der Waals surface area contributed by atoms with Crippen LogP contribution in [0.1, 0.15) is 11.7 Å². The maximum atomic E-state index is 13.2. The fourth-order valence-electron chi connectivity index (χ4n) is 1.98. The van der Waals surface area contributed by atoms with Gasteiger partial charge < -0.3 is 15.4 Å². The number of methoxy groups -OCH3 is 1. The third-order valence-electron chi connectivity index (χ3n) is 3.13. The van der Waals surface area contributed by atoms with Gasteiger partial charge >= 0.3 is 6.03 Å². The minimum Gasteiger partial charge on any atom is -0.375 e. The number of ether oxygens (including phenoxy) is 1. The number of halogens is 3. The maximum absolute atomic E-state index is 13.2. The van der Waals surface area contributed by atoms with E-state index in [1.54, 1.807) is 30.3 Å². The molecule has 0 heterocycles. The molecule has 0 saturated heterocycles. The van der Waals surface area contributed by atoms with E-state index >= 15 is 0 Å². The normalized spacial score (nSPS) is 11.8. The van der Waals surface area contributed by atoms with Crippen molar-refractivity contribution in [3.8, 4) is 0 Å². The SMILES string of the molecule is COC(CNC(=O)Nc1ccc(Cl)c(Cl)c1)c1cccc(F)c1. The molecule has 0 aliphatic heterocycles. The van der Waals surface area contributed by atoms with E-state index in [-0.39, 0.29) is 12.4 Å². The van der Waals surface area contributed by atoms with Crippen LogP contribution in [0.15, 0.2) is 42.5 Å². The van der Waals surface area contributed by atoms with Crippen molar-refractivity contribution in [1.29, 1.82) is 0 Å². The number of amides is 2. The second-order valence-electron chi connectivity index (χ2n) is 4.74. The van der Waals surface area contributed by atoms with Crippen molar-refractivity contribution in [3.05, 3.63) is 63.9 Å². The number of benzene rings is 2. The third kappa shape index (κ3) is 5.10. The molecule has 122 valence electrons. The Kier molecular flexibility index (Phi) is 6.21. The van der Waals surface area contributed by atoms with Gasteiger partial charge in [-0.05, 0) is 35.9 Å². The monoisotopic (exact) mass is 356 g/mol. The lowest BCUT2D eigenvalue weighted by molar-refractivity contribution is 0.104. The van der Waals surface area contributed by atoms with Gasteiger partial charge in [0.15, 0.2) is 0 Å². The summed E-state index contributed by atoms with van der Waals surface area (Å²) in [6.07, 6.45) is -0.453. The van der Waals surface area contributed by atoms with Crippen LogP contribution >= 0.6 is 23.2 Å². The highest BCUT2D eigenvalue weighted by atomic mass is 35.5. The van der Waals surface area contributed by atoms with Gasteiger partial charge in [0, 0.05) is 19.3 Å². The number of hydrogen-bond acceptors (Lipinski definition) is 2. The number of rotatable bonds is 5. The van der Waals surface area contributed by atoms with E-state index in [4.69, 9.17) is 27.9 Å². The number of urea groups is 1. The Bertz CT molecular complexity index is 698. The summed E-state index contributed by atoms with van der Waals surface area (Å²) in [4.78, 5) is 11.9. The van der Waals surface area contributed by atoms with Crippen LogP contribution in [0.2, 0.25) is 10.0 Å². The number of nitrogens with one attached hydrogen (secondary N) is 2. The first kappa shape index (κ1) is 17.5. The van der Waals surface area contributed by atoms with Gasteiger partial charge in [0.05, 0.1) is 16.1 Å². The molecule has 7 heteroatoms. The van der Waals surface area contributed by atoms with Gasteiger partial charge in [-0.3, -0.25) is 0 Å². The second-order valence-corrected chi connectivity index (χ2v) is 5.56. The van der Waals surface area contributed by atoms with Crippen molar-refractivity contribution < 1.29 is 13.9 Å². The molecule has 2 N–H and O–H groups in total. The topological polar surface area (TPSA) is 50.4 Å².